The molecule has 0 radical (unpaired) electrons. The number of hydrogen-bond acceptors (Lipinski definition) is 4. The fourth-order valence-electron chi connectivity index (χ4n) is 2.53. The molecule has 0 saturated carbocycles. The van der Waals surface area contributed by atoms with Crippen molar-refractivity contribution >= 4 is 34.9 Å². The van der Waals surface area contributed by atoms with Crippen LogP contribution in [0.4, 0.5) is 0 Å². The number of carbonyl (C=O) groups excluding carboxylic acids is 2. The molecule has 1 aromatic carbocycles. The zero-order valence-corrected chi connectivity index (χ0v) is 14.4. The number of rotatable bonds is 4. The lowest BCUT2D eigenvalue weighted by Crippen LogP contribution is -2.46. The van der Waals surface area contributed by atoms with Crippen molar-refractivity contribution in [3.8, 4) is 0 Å². The molecule has 2 amide bonds. The van der Waals surface area contributed by atoms with Gasteiger partial charge in [0, 0.05) is 10.6 Å². The van der Waals surface area contributed by atoms with Gasteiger partial charge in [-0.3, -0.25) is 9.59 Å². The fourth-order valence-corrected chi connectivity index (χ4v) is 4.28. The largest absolute Gasteiger partial charge is 0.347 e. The molecule has 0 bridgehead atoms. The Morgan fingerprint density at radius 1 is 1.22 bits per heavy atom. The van der Waals surface area contributed by atoms with E-state index in [4.69, 9.17) is 0 Å². The Balaban J connectivity index is 1.62. The lowest BCUT2D eigenvalue weighted by Gasteiger charge is -2.27. The molecule has 0 saturated heterocycles. The third-order valence-corrected chi connectivity index (χ3v) is 5.75. The first-order valence-electron chi connectivity index (χ1n) is 7.51. The maximum absolute atomic E-state index is 12.4. The predicted octanol–water partition coefficient (Wildman–Crippen LogP) is 3.22. The fraction of sp³-hybridized carbons (Fsp3) is 0.294. The Hall–Kier alpha value is -1.79. The first-order chi connectivity index (χ1) is 11.1. The number of thiophene rings is 1. The van der Waals surface area contributed by atoms with Crippen LogP contribution in [0.2, 0.25) is 0 Å². The van der Waals surface area contributed by atoms with Crippen LogP contribution >= 0.6 is 23.1 Å². The zero-order valence-electron chi connectivity index (χ0n) is 12.7. The maximum atomic E-state index is 12.4. The van der Waals surface area contributed by atoms with Gasteiger partial charge in [0.2, 0.25) is 5.91 Å². The number of fused-ring (bicyclic) bond motifs is 1. The normalized spacial score (nSPS) is 17.9. The Kier molecular flexibility index (Phi) is 5.03. The van der Waals surface area contributed by atoms with Gasteiger partial charge >= 0.3 is 0 Å². The third kappa shape index (κ3) is 3.76. The van der Waals surface area contributed by atoms with Crippen molar-refractivity contribution in [3.63, 3.8) is 0 Å². The Labute approximate surface area is 143 Å². The molecule has 6 heteroatoms. The van der Waals surface area contributed by atoms with E-state index >= 15 is 0 Å². The van der Waals surface area contributed by atoms with E-state index in [1.807, 2.05) is 35.3 Å². The summed E-state index contributed by atoms with van der Waals surface area (Å²) in [6.45, 7) is 1.71. The molecule has 4 nitrogen and oxygen atoms in total. The highest BCUT2D eigenvalue weighted by Gasteiger charge is 2.24. The van der Waals surface area contributed by atoms with Gasteiger partial charge in [0.25, 0.3) is 5.91 Å². The SMILES string of the molecule is C[C@@H](NC(=O)c1cccs1)C(=O)N[C@H]1CCSc2ccccc21. The summed E-state index contributed by atoms with van der Waals surface area (Å²) >= 11 is 3.18. The van der Waals surface area contributed by atoms with Crippen LogP contribution in [0.25, 0.3) is 0 Å². The number of hydrogen-bond donors (Lipinski definition) is 2. The van der Waals surface area contributed by atoms with Crippen molar-refractivity contribution in [3.05, 3.63) is 52.2 Å². The lowest BCUT2D eigenvalue weighted by molar-refractivity contribution is -0.123. The molecule has 1 aliphatic rings. The zero-order chi connectivity index (χ0) is 16.2. The van der Waals surface area contributed by atoms with Gasteiger partial charge in [0.1, 0.15) is 6.04 Å². The monoisotopic (exact) mass is 346 g/mol. The average Bonchev–Trinajstić information content (AvgIpc) is 3.09. The smallest absolute Gasteiger partial charge is 0.261 e. The van der Waals surface area contributed by atoms with Crippen molar-refractivity contribution in [2.45, 2.75) is 30.3 Å². The van der Waals surface area contributed by atoms with E-state index in [1.54, 1.807) is 13.0 Å². The summed E-state index contributed by atoms with van der Waals surface area (Å²) in [5.41, 5.74) is 1.16. The van der Waals surface area contributed by atoms with Crippen LogP contribution in [-0.4, -0.2) is 23.6 Å². The number of thioether (sulfide) groups is 1. The van der Waals surface area contributed by atoms with Crippen LogP contribution in [0.1, 0.15) is 34.6 Å². The quantitative estimate of drug-likeness (QED) is 0.894. The minimum Gasteiger partial charge on any atom is -0.347 e. The third-order valence-electron chi connectivity index (χ3n) is 3.76. The molecule has 2 aromatic rings. The molecule has 0 spiro atoms. The molecule has 2 heterocycles. The van der Waals surface area contributed by atoms with Gasteiger partial charge in [-0.2, -0.15) is 0 Å². The predicted molar refractivity (Wildman–Crippen MR) is 93.9 cm³/mol. The van der Waals surface area contributed by atoms with E-state index in [9.17, 15) is 9.59 Å². The van der Waals surface area contributed by atoms with Gasteiger partial charge in [-0.1, -0.05) is 24.3 Å². The Morgan fingerprint density at radius 2 is 2.04 bits per heavy atom. The number of amides is 2. The Bertz CT molecular complexity index is 700. The van der Waals surface area contributed by atoms with Crippen LogP contribution in [-0.2, 0) is 4.79 Å². The minimum absolute atomic E-state index is 0.0149. The van der Waals surface area contributed by atoms with Crippen LogP contribution in [0.15, 0.2) is 46.7 Å². The summed E-state index contributed by atoms with van der Waals surface area (Å²) in [6.07, 6.45) is 0.902. The molecule has 3 rings (SSSR count). The van der Waals surface area contributed by atoms with E-state index in [2.05, 4.69) is 22.8 Å². The van der Waals surface area contributed by atoms with Crippen LogP contribution in [0.3, 0.4) is 0 Å². The van der Waals surface area contributed by atoms with Crippen molar-refractivity contribution in [2.24, 2.45) is 0 Å². The topological polar surface area (TPSA) is 58.2 Å². The van der Waals surface area contributed by atoms with E-state index in [0.717, 1.165) is 17.7 Å². The van der Waals surface area contributed by atoms with E-state index < -0.39 is 6.04 Å². The standard InChI is InChI=1S/C17H18N2O2S2/c1-11(18-17(21)15-7-4-9-22-15)16(20)19-13-8-10-23-14-6-3-2-5-12(13)14/h2-7,9,11,13H,8,10H2,1H3,(H,18,21)(H,19,20)/t11-,13+/m1/s1. The molecular formula is C17H18N2O2S2. The summed E-state index contributed by atoms with van der Waals surface area (Å²) in [6, 6.07) is 11.2. The van der Waals surface area contributed by atoms with Crippen molar-refractivity contribution in [1.82, 2.24) is 10.6 Å². The van der Waals surface area contributed by atoms with Crippen molar-refractivity contribution < 1.29 is 9.59 Å². The molecule has 1 aliphatic heterocycles. The second kappa shape index (κ2) is 7.19. The number of nitrogens with one attached hydrogen (secondary N) is 2. The highest BCUT2D eigenvalue weighted by Crippen LogP contribution is 2.35. The minimum atomic E-state index is -0.564. The molecule has 1 aromatic heterocycles. The summed E-state index contributed by atoms with van der Waals surface area (Å²) in [5, 5.41) is 7.66. The van der Waals surface area contributed by atoms with Gasteiger partial charge in [-0.15, -0.1) is 23.1 Å². The Morgan fingerprint density at radius 3 is 2.83 bits per heavy atom. The first-order valence-corrected chi connectivity index (χ1v) is 9.38. The molecule has 2 atom stereocenters. The average molecular weight is 346 g/mol. The van der Waals surface area contributed by atoms with Gasteiger partial charge in [0.15, 0.2) is 0 Å². The number of benzene rings is 1. The van der Waals surface area contributed by atoms with Gasteiger partial charge in [0.05, 0.1) is 10.9 Å². The second-order valence-electron chi connectivity index (χ2n) is 5.41. The molecular weight excluding hydrogens is 328 g/mol. The molecule has 120 valence electrons. The van der Waals surface area contributed by atoms with Crippen LogP contribution in [0.5, 0.6) is 0 Å². The van der Waals surface area contributed by atoms with Crippen molar-refractivity contribution in [1.29, 1.82) is 0 Å². The second-order valence-corrected chi connectivity index (χ2v) is 7.49. The first kappa shape index (κ1) is 16.1. The van der Waals surface area contributed by atoms with Gasteiger partial charge in [-0.25, -0.2) is 0 Å². The number of carbonyl (C=O) groups is 2. The van der Waals surface area contributed by atoms with Gasteiger partial charge in [-0.05, 0) is 36.4 Å². The molecule has 0 fully saturated rings. The van der Waals surface area contributed by atoms with E-state index in [0.29, 0.717) is 4.88 Å². The summed E-state index contributed by atoms with van der Waals surface area (Å²) in [7, 11) is 0. The maximum Gasteiger partial charge on any atom is 0.261 e. The van der Waals surface area contributed by atoms with Crippen molar-refractivity contribution in [2.75, 3.05) is 5.75 Å². The van der Waals surface area contributed by atoms with E-state index in [1.165, 1.54) is 16.2 Å². The van der Waals surface area contributed by atoms with Crippen LogP contribution < -0.4 is 10.6 Å². The summed E-state index contributed by atoms with van der Waals surface area (Å²) in [5.74, 6) is 0.626. The molecule has 0 aliphatic carbocycles. The summed E-state index contributed by atoms with van der Waals surface area (Å²) < 4.78 is 0. The van der Waals surface area contributed by atoms with Gasteiger partial charge < -0.3 is 10.6 Å². The molecule has 2 N–H and O–H groups in total. The highest BCUT2D eigenvalue weighted by molar-refractivity contribution is 7.99. The molecule has 23 heavy (non-hydrogen) atoms. The lowest BCUT2D eigenvalue weighted by atomic mass is 10.0. The van der Waals surface area contributed by atoms with E-state index in [-0.39, 0.29) is 17.9 Å². The highest BCUT2D eigenvalue weighted by atomic mass is 32.2. The summed E-state index contributed by atoms with van der Waals surface area (Å²) in [4.78, 5) is 26.3. The van der Waals surface area contributed by atoms with Crippen LogP contribution in [0, 0.1) is 0 Å². The molecule has 0 unspecified atom stereocenters.